The zero-order chi connectivity index (χ0) is 12.3. The summed E-state index contributed by atoms with van der Waals surface area (Å²) in [7, 11) is 0. The molecule has 94 valence electrons. The molecule has 0 spiro atoms. The minimum atomic E-state index is -0.217. The van der Waals surface area contributed by atoms with Gasteiger partial charge in [-0.3, -0.25) is 0 Å². The summed E-state index contributed by atoms with van der Waals surface area (Å²) in [4.78, 5) is 0. The van der Waals surface area contributed by atoms with E-state index in [1.807, 2.05) is 12.1 Å². The average molecular weight is 302 g/mol. The van der Waals surface area contributed by atoms with E-state index in [2.05, 4.69) is 28.2 Å². The summed E-state index contributed by atoms with van der Waals surface area (Å²) in [6.07, 6.45) is 1.13. The van der Waals surface area contributed by atoms with Crippen molar-refractivity contribution in [1.29, 1.82) is 0 Å². The average Bonchev–Trinajstić information content (AvgIpc) is 2.84. The van der Waals surface area contributed by atoms with Crippen LogP contribution >= 0.6 is 15.9 Å². The Bertz CT molecular complexity index is 380. The minimum absolute atomic E-state index is 0.217. The fraction of sp³-hybridized carbons (Fsp3) is 0.538. The van der Waals surface area contributed by atoms with Gasteiger partial charge in [-0.15, -0.1) is 0 Å². The summed E-state index contributed by atoms with van der Waals surface area (Å²) in [6.45, 7) is 4.66. The molecule has 2 atom stereocenters. The van der Waals surface area contributed by atoms with Gasteiger partial charge >= 0.3 is 0 Å². The van der Waals surface area contributed by atoms with E-state index in [0.29, 0.717) is 16.4 Å². The molecule has 0 amide bonds. The minimum Gasteiger partial charge on any atom is -0.381 e. The highest BCUT2D eigenvalue weighted by atomic mass is 79.9. The van der Waals surface area contributed by atoms with Crippen LogP contribution in [0.5, 0.6) is 0 Å². The quantitative estimate of drug-likeness (QED) is 0.923. The number of nitrogens with one attached hydrogen (secondary N) is 1. The summed E-state index contributed by atoms with van der Waals surface area (Å²) in [5.74, 6) is 0.380. The van der Waals surface area contributed by atoms with Gasteiger partial charge in [0.05, 0.1) is 11.1 Å². The highest BCUT2D eigenvalue weighted by Gasteiger charge is 2.21. The monoisotopic (exact) mass is 301 g/mol. The summed E-state index contributed by atoms with van der Waals surface area (Å²) >= 11 is 3.20. The van der Waals surface area contributed by atoms with Crippen molar-refractivity contribution in [2.75, 3.05) is 13.2 Å². The van der Waals surface area contributed by atoms with Gasteiger partial charge in [-0.2, -0.15) is 0 Å². The molecule has 1 aromatic rings. The van der Waals surface area contributed by atoms with Crippen molar-refractivity contribution < 1.29 is 9.13 Å². The molecule has 1 aromatic carbocycles. The molecule has 17 heavy (non-hydrogen) atoms. The molecule has 1 aliphatic heterocycles. The Balaban J connectivity index is 1.86. The van der Waals surface area contributed by atoms with Crippen LogP contribution in [-0.2, 0) is 11.3 Å². The Hall–Kier alpha value is -0.450. The van der Waals surface area contributed by atoms with Crippen LogP contribution in [0, 0.1) is 11.7 Å². The molecule has 0 radical (unpaired) electrons. The van der Waals surface area contributed by atoms with Crippen LogP contribution in [0.3, 0.4) is 0 Å². The predicted octanol–water partition coefficient (Wildman–Crippen LogP) is 3.10. The largest absolute Gasteiger partial charge is 0.381 e. The lowest BCUT2D eigenvalue weighted by Gasteiger charge is -2.19. The van der Waals surface area contributed by atoms with E-state index in [9.17, 15) is 4.39 Å². The van der Waals surface area contributed by atoms with Crippen molar-refractivity contribution in [3.05, 3.63) is 34.1 Å². The molecule has 0 aromatic heterocycles. The third kappa shape index (κ3) is 3.50. The lowest BCUT2D eigenvalue weighted by molar-refractivity contribution is 0.178. The molecule has 1 N–H and O–H groups in total. The molecule has 2 rings (SSSR count). The van der Waals surface area contributed by atoms with Crippen LogP contribution in [0.25, 0.3) is 0 Å². The zero-order valence-corrected chi connectivity index (χ0v) is 11.5. The van der Waals surface area contributed by atoms with E-state index in [-0.39, 0.29) is 5.82 Å². The number of rotatable bonds is 4. The molecule has 4 heteroatoms. The van der Waals surface area contributed by atoms with Crippen molar-refractivity contribution in [3.8, 4) is 0 Å². The van der Waals surface area contributed by atoms with Gasteiger partial charge in [-0.05, 0) is 52.9 Å². The number of benzene rings is 1. The van der Waals surface area contributed by atoms with E-state index < -0.39 is 0 Å². The van der Waals surface area contributed by atoms with Gasteiger partial charge in [0.1, 0.15) is 5.82 Å². The van der Waals surface area contributed by atoms with Crippen LogP contribution in [0.2, 0.25) is 0 Å². The van der Waals surface area contributed by atoms with Crippen LogP contribution in [-0.4, -0.2) is 19.3 Å². The molecule has 1 heterocycles. The second kappa shape index (κ2) is 5.94. The molecule has 0 aliphatic carbocycles. The lowest BCUT2D eigenvalue weighted by Crippen LogP contribution is -2.33. The van der Waals surface area contributed by atoms with Gasteiger partial charge in [0.2, 0.25) is 0 Å². The lowest BCUT2D eigenvalue weighted by atomic mass is 10.0. The standard InChI is InChI=1S/C13H17BrFNO/c1-9(11-4-5-17-8-11)16-7-10-2-3-13(15)12(14)6-10/h2-3,6,9,11,16H,4-5,7-8H2,1H3/t9-,11-/m1/s1. The van der Waals surface area contributed by atoms with Gasteiger partial charge in [0, 0.05) is 19.2 Å². The molecule has 0 bridgehead atoms. The van der Waals surface area contributed by atoms with E-state index in [1.165, 1.54) is 6.07 Å². The SMILES string of the molecule is C[C@@H](NCc1ccc(F)c(Br)c1)[C@@H]1CCOC1. The van der Waals surface area contributed by atoms with Crippen molar-refractivity contribution in [2.24, 2.45) is 5.92 Å². The zero-order valence-electron chi connectivity index (χ0n) is 9.88. The van der Waals surface area contributed by atoms with Gasteiger partial charge in [-0.1, -0.05) is 6.07 Å². The third-order valence-corrected chi connectivity index (χ3v) is 3.89. The highest BCUT2D eigenvalue weighted by Crippen LogP contribution is 2.19. The van der Waals surface area contributed by atoms with E-state index in [1.54, 1.807) is 0 Å². The van der Waals surface area contributed by atoms with E-state index in [4.69, 9.17) is 4.74 Å². The molecular weight excluding hydrogens is 285 g/mol. The molecule has 0 unspecified atom stereocenters. The molecular formula is C13H17BrFNO. The first kappa shape index (κ1) is 13.0. The summed E-state index contributed by atoms with van der Waals surface area (Å²) < 4.78 is 18.9. The maximum Gasteiger partial charge on any atom is 0.137 e. The molecule has 1 saturated heterocycles. The highest BCUT2D eigenvalue weighted by molar-refractivity contribution is 9.10. The fourth-order valence-corrected chi connectivity index (χ4v) is 2.47. The van der Waals surface area contributed by atoms with Gasteiger partial charge in [-0.25, -0.2) is 4.39 Å². The van der Waals surface area contributed by atoms with E-state index >= 15 is 0 Å². The number of hydrogen-bond acceptors (Lipinski definition) is 2. The Labute approximate surface area is 110 Å². The molecule has 1 aliphatic rings. The van der Waals surface area contributed by atoms with Crippen LogP contribution in [0.1, 0.15) is 18.9 Å². The van der Waals surface area contributed by atoms with Crippen LogP contribution < -0.4 is 5.32 Å². The maximum atomic E-state index is 13.1. The Morgan fingerprint density at radius 1 is 1.59 bits per heavy atom. The van der Waals surface area contributed by atoms with E-state index in [0.717, 1.165) is 31.7 Å². The fourth-order valence-electron chi connectivity index (χ4n) is 2.04. The third-order valence-electron chi connectivity index (χ3n) is 3.28. The first-order chi connectivity index (χ1) is 8.16. The second-order valence-electron chi connectivity index (χ2n) is 4.54. The van der Waals surface area contributed by atoms with Crippen molar-refractivity contribution in [2.45, 2.75) is 25.9 Å². The van der Waals surface area contributed by atoms with Crippen molar-refractivity contribution >= 4 is 15.9 Å². The second-order valence-corrected chi connectivity index (χ2v) is 5.40. The smallest absolute Gasteiger partial charge is 0.137 e. The molecule has 0 saturated carbocycles. The topological polar surface area (TPSA) is 21.3 Å². The number of ether oxygens (including phenoxy) is 1. The Kier molecular flexibility index (Phi) is 4.54. The van der Waals surface area contributed by atoms with Crippen LogP contribution in [0.4, 0.5) is 4.39 Å². The molecule has 2 nitrogen and oxygen atoms in total. The first-order valence-electron chi connectivity index (χ1n) is 5.92. The first-order valence-corrected chi connectivity index (χ1v) is 6.71. The summed E-state index contributed by atoms with van der Waals surface area (Å²) in [6, 6.07) is 5.55. The van der Waals surface area contributed by atoms with Crippen molar-refractivity contribution in [1.82, 2.24) is 5.32 Å². The maximum absolute atomic E-state index is 13.1. The van der Waals surface area contributed by atoms with Crippen molar-refractivity contribution in [3.63, 3.8) is 0 Å². The van der Waals surface area contributed by atoms with Crippen LogP contribution in [0.15, 0.2) is 22.7 Å². The number of hydrogen-bond donors (Lipinski definition) is 1. The normalized spacial score (nSPS) is 21.7. The van der Waals surface area contributed by atoms with Gasteiger partial charge in [0.15, 0.2) is 0 Å². The molecule has 1 fully saturated rings. The Morgan fingerprint density at radius 2 is 2.41 bits per heavy atom. The summed E-state index contributed by atoms with van der Waals surface area (Å²) in [5, 5.41) is 3.46. The Morgan fingerprint density at radius 3 is 3.06 bits per heavy atom. The van der Waals surface area contributed by atoms with Gasteiger partial charge < -0.3 is 10.1 Å². The van der Waals surface area contributed by atoms with Gasteiger partial charge in [0.25, 0.3) is 0 Å². The number of halogens is 2. The summed E-state index contributed by atoms with van der Waals surface area (Å²) in [5.41, 5.74) is 1.09. The predicted molar refractivity (Wildman–Crippen MR) is 69.3 cm³/mol.